The lowest BCUT2D eigenvalue weighted by Gasteiger charge is -2.24. The van der Waals surface area contributed by atoms with Gasteiger partial charge < -0.3 is 19.7 Å². The second kappa shape index (κ2) is 6.44. The second-order valence-electron chi connectivity index (χ2n) is 3.89. The standard InChI is InChI=1S/C10H18O6/c1-5(2)15-7(9(11)12)8(10(13)14)16-6(3)4/h5-8H,1-4H3,(H,11,12)(H,13,14)/t7-,8-/m0/s1. The first kappa shape index (κ1) is 14.9. The summed E-state index contributed by atoms with van der Waals surface area (Å²) in [6.45, 7) is 6.52. The summed E-state index contributed by atoms with van der Waals surface area (Å²) in [5.41, 5.74) is 0. The molecule has 0 aromatic carbocycles. The van der Waals surface area contributed by atoms with Crippen molar-refractivity contribution in [3.05, 3.63) is 0 Å². The van der Waals surface area contributed by atoms with E-state index >= 15 is 0 Å². The van der Waals surface area contributed by atoms with Gasteiger partial charge in [0.15, 0.2) is 12.2 Å². The van der Waals surface area contributed by atoms with Crippen LogP contribution in [-0.4, -0.2) is 46.6 Å². The van der Waals surface area contributed by atoms with Gasteiger partial charge >= 0.3 is 11.9 Å². The Labute approximate surface area is 94.2 Å². The van der Waals surface area contributed by atoms with Crippen molar-refractivity contribution in [2.24, 2.45) is 0 Å². The zero-order valence-electron chi connectivity index (χ0n) is 9.84. The van der Waals surface area contributed by atoms with Gasteiger partial charge in [0.1, 0.15) is 0 Å². The fourth-order valence-corrected chi connectivity index (χ4v) is 1.10. The zero-order chi connectivity index (χ0) is 12.9. The number of rotatable bonds is 7. The van der Waals surface area contributed by atoms with Crippen LogP contribution in [0.2, 0.25) is 0 Å². The molecule has 6 heteroatoms. The summed E-state index contributed by atoms with van der Waals surface area (Å²) in [5.74, 6) is -2.69. The van der Waals surface area contributed by atoms with Crippen molar-refractivity contribution in [2.45, 2.75) is 52.1 Å². The van der Waals surface area contributed by atoms with Crippen LogP contribution >= 0.6 is 0 Å². The van der Waals surface area contributed by atoms with Crippen molar-refractivity contribution < 1.29 is 29.3 Å². The van der Waals surface area contributed by atoms with Gasteiger partial charge in [-0.3, -0.25) is 0 Å². The molecule has 0 amide bonds. The van der Waals surface area contributed by atoms with Crippen LogP contribution in [0.5, 0.6) is 0 Å². The maximum absolute atomic E-state index is 10.9. The molecule has 94 valence electrons. The molecular weight excluding hydrogens is 216 g/mol. The minimum Gasteiger partial charge on any atom is -0.479 e. The third kappa shape index (κ3) is 5.09. The molecule has 0 fully saturated rings. The van der Waals surface area contributed by atoms with E-state index in [1.54, 1.807) is 27.7 Å². The molecule has 0 aliphatic heterocycles. The highest BCUT2D eigenvalue weighted by atomic mass is 16.6. The van der Waals surface area contributed by atoms with Crippen molar-refractivity contribution in [1.82, 2.24) is 0 Å². The third-order valence-electron chi connectivity index (χ3n) is 1.60. The van der Waals surface area contributed by atoms with Gasteiger partial charge in [-0.05, 0) is 27.7 Å². The number of aliphatic carboxylic acids is 2. The highest BCUT2D eigenvalue weighted by Crippen LogP contribution is 2.11. The maximum atomic E-state index is 10.9. The normalized spacial score (nSPS) is 15.1. The van der Waals surface area contributed by atoms with Crippen molar-refractivity contribution in [3.63, 3.8) is 0 Å². The van der Waals surface area contributed by atoms with Crippen LogP contribution in [0.15, 0.2) is 0 Å². The first-order valence-electron chi connectivity index (χ1n) is 5.02. The second-order valence-corrected chi connectivity index (χ2v) is 3.89. The molecular formula is C10H18O6. The Balaban J connectivity index is 4.80. The van der Waals surface area contributed by atoms with Gasteiger partial charge in [0.2, 0.25) is 0 Å². The molecule has 0 rings (SSSR count). The van der Waals surface area contributed by atoms with Crippen molar-refractivity contribution in [1.29, 1.82) is 0 Å². The number of carboxylic acid groups (broad SMARTS) is 2. The van der Waals surface area contributed by atoms with E-state index in [1.165, 1.54) is 0 Å². The molecule has 2 N–H and O–H groups in total. The molecule has 0 aromatic rings. The Morgan fingerprint density at radius 2 is 1.06 bits per heavy atom. The Morgan fingerprint density at radius 3 is 1.19 bits per heavy atom. The largest absolute Gasteiger partial charge is 0.479 e. The number of hydrogen-bond donors (Lipinski definition) is 2. The summed E-state index contributed by atoms with van der Waals surface area (Å²) in [6.07, 6.45) is -3.78. The summed E-state index contributed by atoms with van der Waals surface area (Å²) in [5, 5.41) is 17.8. The average Bonchev–Trinajstić information content (AvgIpc) is 2.09. The molecule has 0 radical (unpaired) electrons. The summed E-state index contributed by atoms with van der Waals surface area (Å²) >= 11 is 0. The molecule has 0 saturated carbocycles. The van der Waals surface area contributed by atoms with E-state index in [0.717, 1.165) is 0 Å². The molecule has 0 saturated heterocycles. The lowest BCUT2D eigenvalue weighted by molar-refractivity contribution is -0.184. The number of ether oxygens (including phenoxy) is 2. The molecule has 0 aliphatic rings. The molecule has 0 spiro atoms. The van der Waals surface area contributed by atoms with Crippen molar-refractivity contribution in [2.75, 3.05) is 0 Å². The fourth-order valence-electron chi connectivity index (χ4n) is 1.10. The van der Waals surface area contributed by atoms with Crippen molar-refractivity contribution in [3.8, 4) is 0 Å². The smallest absolute Gasteiger partial charge is 0.336 e. The monoisotopic (exact) mass is 234 g/mol. The van der Waals surface area contributed by atoms with E-state index in [1.807, 2.05) is 0 Å². The van der Waals surface area contributed by atoms with Crippen LogP contribution in [0.1, 0.15) is 27.7 Å². The predicted octanol–water partition coefficient (Wildman–Crippen LogP) is 0.743. The van der Waals surface area contributed by atoms with Crippen LogP contribution in [-0.2, 0) is 19.1 Å². The van der Waals surface area contributed by atoms with Crippen molar-refractivity contribution >= 4 is 11.9 Å². The molecule has 0 aromatic heterocycles. The Hall–Kier alpha value is -1.14. The topological polar surface area (TPSA) is 93.1 Å². The molecule has 0 bridgehead atoms. The van der Waals surface area contributed by atoms with Crippen LogP contribution in [0.4, 0.5) is 0 Å². The van der Waals surface area contributed by atoms with E-state index in [2.05, 4.69) is 0 Å². The Bertz CT molecular complexity index is 222. The van der Waals surface area contributed by atoms with Gasteiger partial charge in [-0.15, -0.1) is 0 Å². The third-order valence-corrected chi connectivity index (χ3v) is 1.60. The highest BCUT2D eigenvalue weighted by Gasteiger charge is 2.37. The summed E-state index contributed by atoms with van der Waals surface area (Å²) in [4.78, 5) is 21.8. The van der Waals surface area contributed by atoms with E-state index in [-0.39, 0.29) is 0 Å². The van der Waals surface area contributed by atoms with E-state index in [0.29, 0.717) is 0 Å². The minimum absolute atomic E-state index is 0.390. The first-order chi connectivity index (χ1) is 7.25. The molecule has 16 heavy (non-hydrogen) atoms. The molecule has 0 heterocycles. The predicted molar refractivity (Wildman–Crippen MR) is 55.3 cm³/mol. The van der Waals surface area contributed by atoms with Gasteiger partial charge in [0, 0.05) is 0 Å². The number of carboxylic acids is 2. The Morgan fingerprint density at radius 1 is 0.812 bits per heavy atom. The van der Waals surface area contributed by atoms with E-state index in [4.69, 9.17) is 19.7 Å². The van der Waals surface area contributed by atoms with Gasteiger partial charge in [0.05, 0.1) is 12.2 Å². The minimum atomic E-state index is -1.50. The highest BCUT2D eigenvalue weighted by molar-refractivity contribution is 5.83. The number of carbonyl (C=O) groups is 2. The van der Waals surface area contributed by atoms with Crippen LogP contribution in [0, 0.1) is 0 Å². The van der Waals surface area contributed by atoms with Crippen LogP contribution < -0.4 is 0 Å². The quantitative estimate of drug-likeness (QED) is 0.675. The van der Waals surface area contributed by atoms with Crippen LogP contribution in [0.3, 0.4) is 0 Å². The van der Waals surface area contributed by atoms with Crippen LogP contribution in [0.25, 0.3) is 0 Å². The summed E-state index contributed by atoms with van der Waals surface area (Å²) in [7, 11) is 0. The maximum Gasteiger partial charge on any atom is 0.336 e. The zero-order valence-corrected chi connectivity index (χ0v) is 9.84. The van der Waals surface area contributed by atoms with E-state index < -0.39 is 36.4 Å². The molecule has 0 unspecified atom stereocenters. The van der Waals surface area contributed by atoms with Gasteiger partial charge in [-0.25, -0.2) is 9.59 Å². The van der Waals surface area contributed by atoms with E-state index in [9.17, 15) is 9.59 Å². The molecule has 6 nitrogen and oxygen atoms in total. The van der Waals surface area contributed by atoms with Gasteiger partial charge in [-0.2, -0.15) is 0 Å². The lowest BCUT2D eigenvalue weighted by atomic mass is 10.2. The van der Waals surface area contributed by atoms with Gasteiger partial charge in [-0.1, -0.05) is 0 Å². The Kier molecular flexibility index (Phi) is 5.98. The van der Waals surface area contributed by atoms with Gasteiger partial charge in [0.25, 0.3) is 0 Å². The number of hydrogen-bond acceptors (Lipinski definition) is 4. The molecule has 0 aliphatic carbocycles. The lowest BCUT2D eigenvalue weighted by Crippen LogP contribution is -2.45. The summed E-state index contributed by atoms with van der Waals surface area (Å²) < 4.78 is 10.1. The summed E-state index contributed by atoms with van der Waals surface area (Å²) in [6, 6.07) is 0. The first-order valence-corrected chi connectivity index (χ1v) is 5.02. The average molecular weight is 234 g/mol. The SMILES string of the molecule is CC(C)O[C@H](C(=O)O)[C@H](OC(C)C)C(=O)O. The molecule has 2 atom stereocenters. The fraction of sp³-hybridized carbons (Fsp3) is 0.800.